The van der Waals surface area contributed by atoms with E-state index in [-0.39, 0.29) is 11.3 Å². The Hall–Kier alpha value is -1.53. The van der Waals surface area contributed by atoms with Crippen molar-refractivity contribution in [2.24, 2.45) is 0 Å². The molecule has 1 unspecified atom stereocenters. The third kappa shape index (κ3) is 3.52. The summed E-state index contributed by atoms with van der Waals surface area (Å²) < 4.78 is 13.1. The summed E-state index contributed by atoms with van der Waals surface area (Å²) in [6, 6.07) is 10.1. The fourth-order valence-electron chi connectivity index (χ4n) is 1.75. The molecule has 1 atom stereocenters. The van der Waals surface area contributed by atoms with Crippen LogP contribution >= 0.6 is 15.9 Å². The molecule has 0 spiro atoms. The number of aryl methyl sites for hydroxylation is 1. The van der Waals surface area contributed by atoms with Crippen molar-refractivity contribution in [2.45, 2.75) is 17.6 Å². The summed E-state index contributed by atoms with van der Waals surface area (Å²) in [5, 5.41) is 9.15. The molecule has 0 aliphatic heterocycles. The Bertz CT molecular complexity index is 688. The molecule has 1 N–H and O–H groups in total. The number of hydrogen-bond donors (Lipinski definition) is 1. The van der Waals surface area contributed by atoms with Crippen LogP contribution in [0, 0.1) is 6.92 Å². The normalized spacial score (nSPS) is 12.1. The van der Waals surface area contributed by atoms with Crippen molar-refractivity contribution in [1.82, 2.24) is 4.98 Å². The standard InChI is InChI=1S/C14H12BrNO3S/c1-9-3-2-4-11(16-9)8-20(19)13-7-10(15)5-6-12(13)14(17)18/h2-7H,8H2,1H3,(H,17,18). The van der Waals surface area contributed by atoms with Crippen LogP contribution in [-0.2, 0) is 16.6 Å². The van der Waals surface area contributed by atoms with E-state index in [1.165, 1.54) is 6.07 Å². The number of pyridine rings is 1. The molecule has 0 amide bonds. The molecule has 1 aromatic heterocycles. The average molecular weight is 354 g/mol. The number of halogens is 1. The van der Waals surface area contributed by atoms with Crippen LogP contribution in [0.15, 0.2) is 45.8 Å². The van der Waals surface area contributed by atoms with Gasteiger partial charge in [0.25, 0.3) is 0 Å². The maximum Gasteiger partial charge on any atom is 0.336 e. The first-order valence-corrected chi connectivity index (χ1v) is 7.92. The van der Waals surface area contributed by atoms with Crippen molar-refractivity contribution in [2.75, 3.05) is 0 Å². The van der Waals surface area contributed by atoms with E-state index in [2.05, 4.69) is 20.9 Å². The molecular formula is C14H12BrNO3S. The molecule has 0 fully saturated rings. The Kier molecular flexibility index (Phi) is 4.67. The molecule has 0 saturated carbocycles. The zero-order chi connectivity index (χ0) is 14.7. The molecule has 20 heavy (non-hydrogen) atoms. The first-order chi connectivity index (χ1) is 9.47. The quantitative estimate of drug-likeness (QED) is 0.916. The zero-order valence-electron chi connectivity index (χ0n) is 10.7. The fraction of sp³-hybridized carbons (Fsp3) is 0.143. The highest BCUT2D eigenvalue weighted by molar-refractivity contribution is 9.10. The van der Waals surface area contributed by atoms with E-state index in [4.69, 9.17) is 5.11 Å². The van der Waals surface area contributed by atoms with Gasteiger partial charge in [-0.15, -0.1) is 0 Å². The number of rotatable bonds is 4. The van der Waals surface area contributed by atoms with Crippen molar-refractivity contribution in [3.63, 3.8) is 0 Å². The Labute approximate surface area is 127 Å². The van der Waals surface area contributed by atoms with Crippen LogP contribution < -0.4 is 0 Å². The van der Waals surface area contributed by atoms with Crippen molar-refractivity contribution in [3.8, 4) is 0 Å². The minimum absolute atomic E-state index is 0.0548. The summed E-state index contributed by atoms with van der Waals surface area (Å²) in [6.07, 6.45) is 0. The van der Waals surface area contributed by atoms with Gasteiger partial charge in [0.15, 0.2) is 0 Å². The second kappa shape index (κ2) is 6.28. The molecule has 0 saturated heterocycles. The Balaban J connectivity index is 2.34. The van der Waals surface area contributed by atoms with Gasteiger partial charge in [0.2, 0.25) is 0 Å². The van der Waals surface area contributed by atoms with Crippen molar-refractivity contribution < 1.29 is 14.1 Å². The third-order valence-electron chi connectivity index (χ3n) is 2.64. The first-order valence-electron chi connectivity index (χ1n) is 5.81. The molecule has 1 heterocycles. The van der Waals surface area contributed by atoms with Gasteiger partial charge in [0.05, 0.1) is 32.7 Å². The van der Waals surface area contributed by atoms with Gasteiger partial charge in [-0.2, -0.15) is 0 Å². The molecule has 0 aliphatic carbocycles. The van der Waals surface area contributed by atoms with Gasteiger partial charge in [-0.25, -0.2) is 4.79 Å². The highest BCUT2D eigenvalue weighted by atomic mass is 79.9. The van der Waals surface area contributed by atoms with E-state index >= 15 is 0 Å². The highest BCUT2D eigenvalue weighted by Crippen LogP contribution is 2.22. The number of carboxylic acids is 1. The maximum atomic E-state index is 12.4. The van der Waals surface area contributed by atoms with E-state index in [9.17, 15) is 9.00 Å². The Morgan fingerprint density at radius 2 is 2.10 bits per heavy atom. The molecule has 0 radical (unpaired) electrons. The van der Waals surface area contributed by atoms with Gasteiger partial charge in [-0.3, -0.25) is 9.19 Å². The predicted octanol–water partition coefficient (Wildman–Crippen LogP) is 3.16. The SMILES string of the molecule is Cc1cccc(CS(=O)c2cc(Br)ccc2C(=O)O)n1. The molecule has 4 nitrogen and oxygen atoms in total. The van der Waals surface area contributed by atoms with E-state index < -0.39 is 16.8 Å². The summed E-state index contributed by atoms with van der Waals surface area (Å²) in [6.45, 7) is 1.86. The van der Waals surface area contributed by atoms with Gasteiger partial charge in [0.1, 0.15) is 0 Å². The largest absolute Gasteiger partial charge is 0.478 e. The molecule has 0 bridgehead atoms. The number of aromatic nitrogens is 1. The van der Waals surface area contributed by atoms with Gasteiger partial charge in [-0.05, 0) is 37.3 Å². The second-order valence-corrected chi connectivity index (χ2v) is 6.54. The summed E-state index contributed by atoms with van der Waals surface area (Å²) in [5.74, 6) is -0.892. The van der Waals surface area contributed by atoms with Crippen LogP contribution in [0.2, 0.25) is 0 Å². The summed E-state index contributed by atoms with van der Waals surface area (Å²) in [4.78, 5) is 15.8. The average Bonchev–Trinajstić information content (AvgIpc) is 2.38. The number of nitrogens with zero attached hydrogens (tertiary/aromatic N) is 1. The van der Waals surface area contributed by atoms with Crippen LogP contribution in [0.1, 0.15) is 21.7 Å². The fourth-order valence-corrected chi connectivity index (χ4v) is 3.51. The minimum atomic E-state index is -1.46. The van der Waals surface area contributed by atoms with Crippen LogP contribution in [-0.4, -0.2) is 20.3 Å². The Morgan fingerprint density at radius 1 is 1.35 bits per heavy atom. The first kappa shape index (κ1) is 14.9. The lowest BCUT2D eigenvalue weighted by atomic mass is 10.2. The lowest BCUT2D eigenvalue weighted by Gasteiger charge is -2.07. The lowest BCUT2D eigenvalue weighted by molar-refractivity contribution is 0.0693. The van der Waals surface area contributed by atoms with Crippen LogP contribution in [0.3, 0.4) is 0 Å². The maximum absolute atomic E-state index is 12.4. The number of carbonyl (C=O) groups is 1. The molecule has 2 aromatic rings. The van der Waals surface area contributed by atoms with Crippen molar-refractivity contribution >= 4 is 32.7 Å². The van der Waals surface area contributed by atoms with Crippen LogP contribution in [0.5, 0.6) is 0 Å². The minimum Gasteiger partial charge on any atom is -0.478 e. The van der Waals surface area contributed by atoms with Gasteiger partial charge >= 0.3 is 5.97 Å². The van der Waals surface area contributed by atoms with Crippen molar-refractivity contribution in [1.29, 1.82) is 0 Å². The highest BCUT2D eigenvalue weighted by Gasteiger charge is 2.16. The number of carboxylic acid groups (broad SMARTS) is 1. The van der Waals surface area contributed by atoms with Crippen LogP contribution in [0.25, 0.3) is 0 Å². The van der Waals surface area contributed by atoms with E-state index in [1.807, 2.05) is 19.1 Å². The van der Waals surface area contributed by atoms with E-state index in [0.29, 0.717) is 15.1 Å². The summed E-state index contributed by atoms with van der Waals surface area (Å²) in [7, 11) is -1.46. The third-order valence-corrected chi connectivity index (χ3v) is 4.52. The van der Waals surface area contributed by atoms with Gasteiger partial charge in [-0.1, -0.05) is 22.0 Å². The molecule has 1 aromatic carbocycles. The second-order valence-electron chi connectivity index (χ2n) is 4.21. The molecule has 2 rings (SSSR count). The number of aromatic carboxylic acids is 1. The Morgan fingerprint density at radius 3 is 2.75 bits per heavy atom. The monoisotopic (exact) mass is 353 g/mol. The van der Waals surface area contributed by atoms with Crippen molar-refractivity contribution in [3.05, 3.63) is 57.8 Å². The number of benzene rings is 1. The van der Waals surface area contributed by atoms with E-state index in [0.717, 1.165) is 5.69 Å². The summed E-state index contributed by atoms with van der Waals surface area (Å²) in [5.41, 5.74) is 1.58. The lowest BCUT2D eigenvalue weighted by Crippen LogP contribution is -2.07. The molecule has 0 aliphatic rings. The summed E-state index contributed by atoms with van der Waals surface area (Å²) >= 11 is 3.27. The van der Waals surface area contributed by atoms with Gasteiger partial charge in [0, 0.05) is 10.2 Å². The molecule has 104 valence electrons. The predicted molar refractivity (Wildman–Crippen MR) is 80.2 cm³/mol. The van der Waals surface area contributed by atoms with E-state index in [1.54, 1.807) is 18.2 Å². The van der Waals surface area contributed by atoms with Gasteiger partial charge < -0.3 is 5.11 Å². The zero-order valence-corrected chi connectivity index (χ0v) is 13.1. The topological polar surface area (TPSA) is 67.3 Å². The molecular weight excluding hydrogens is 342 g/mol. The number of hydrogen-bond acceptors (Lipinski definition) is 3. The smallest absolute Gasteiger partial charge is 0.336 e. The van der Waals surface area contributed by atoms with Crippen LogP contribution in [0.4, 0.5) is 0 Å². The molecule has 6 heteroatoms.